The van der Waals surface area contributed by atoms with Crippen molar-refractivity contribution in [2.24, 2.45) is 0 Å². The number of nitrogens with one attached hydrogen (secondary N) is 1. The van der Waals surface area contributed by atoms with Gasteiger partial charge in [0.05, 0.1) is 11.9 Å². The van der Waals surface area contributed by atoms with E-state index in [4.69, 9.17) is 4.74 Å². The maximum atomic E-state index is 12.0. The summed E-state index contributed by atoms with van der Waals surface area (Å²) in [4.78, 5) is 0. The largest absolute Gasteiger partial charge is 0.381 e. The average molecular weight is 348 g/mol. The second-order valence-electron chi connectivity index (χ2n) is 4.88. The van der Waals surface area contributed by atoms with Crippen LogP contribution < -0.4 is 4.72 Å². The van der Waals surface area contributed by atoms with Crippen molar-refractivity contribution in [2.45, 2.75) is 31.9 Å². The molecule has 1 N–H and O–H groups in total. The molecule has 1 aliphatic carbocycles. The van der Waals surface area contributed by atoms with Crippen molar-refractivity contribution in [3.05, 3.63) is 33.8 Å². The zero-order valence-electron chi connectivity index (χ0n) is 11.0. The second-order valence-corrected chi connectivity index (χ2v) is 7.59. The van der Waals surface area contributed by atoms with Crippen LogP contribution in [0, 0.1) is 0 Å². The molecule has 0 radical (unpaired) electrons. The van der Waals surface area contributed by atoms with Gasteiger partial charge in [0.2, 0.25) is 10.0 Å². The van der Waals surface area contributed by atoms with Crippen molar-refractivity contribution < 1.29 is 13.2 Å². The number of fused-ring (bicyclic) bond motifs is 1. The van der Waals surface area contributed by atoms with E-state index in [0.717, 1.165) is 22.9 Å². The van der Waals surface area contributed by atoms with E-state index < -0.39 is 10.0 Å². The maximum Gasteiger partial charge on any atom is 0.214 e. The molecular formula is C13H18BrNO3S. The monoisotopic (exact) mass is 347 g/mol. The van der Waals surface area contributed by atoms with Gasteiger partial charge in [0.1, 0.15) is 0 Å². The molecule has 0 saturated carbocycles. The van der Waals surface area contributed by atoms with Gasteiger partial charge >= 0.3 is 0 Å². The molecule has 0 bridgehead atoms. The van der Waals surface area contributed by atoms with Crippen molar-refractivity contribution >= 4 is 26.0 Å². The second kappa shape index (κ2) is 5.91. The number of halogens is 1. The van der Waals surface area contributed by atoms with Gasteiger partial charge in [-0.15, -0.1) is 0 Å². The minimum atomic E-state index is -3.32. The van der Waals surface area contributed by atoms with E-state index in [0.29, 0.717) is 0 Å². The van der Waals surface area contributed by atoms with Crippen LogP contribution in [0.1, 0.15) is 30.5 Å². The Kier molecular flexibility index (Phi) is 4.66. The SMILES string of the molecule is CO[C@H](C)CS(=O)(=O)N[C@H]1CCc2cc(Br)ccc21. The molecular weight excluding hydrogens is 330 g/mol. The summed E-state index contributed by atoms with van der Waals surface area (Å²) in [5.74, 6) is -0.00807. The van der Waals surface area contributed by atoms with Crippen LogP contribution in [-0.2, 0) is 21.2 Å². The summed E-state index contributed by atoms with van der Waals surface area (Å²) < 4.78 is 32.9. The molecule has 0 aliphatic heterocycles. The molecule has 2 atom stereocenters. The summed E-state index contributed by atoms with van der Waals surface area (Å²) in [7, 11) is -1.80. The van der Waals surface area contributed by atoms with Crippen LogP contribution in [0.2, 0.25) is 0 Å². The van der Waals surface area contributed by atoms with E-state index in [9.17, 15) is 8.42 Å². The summed E-state index contributed by atoms with van der Waals surface area (Å²) in [6.45, 7) is 1.75. The lowest BCUT2D eigenvalue weighted by atomic mass is 10.1. The van der Waals surface area contributed by atoms with Crippen LogP contribution in [0.15, 0.2) is 22.7 Å². The number of sulfonamides is 1. The van der Waals surface area contributed by atoms with Gasteiger partial charge in [-0.25, -0.2) is 13.1 Å². The predicted molar refractivity (Wildman–Crippen MR) is 78.6 cm³/mol. The van der Waals surface area contributed by atoms with Crippen molar-refractivity contribution in [1.82, 2.24) is 4.72 Å². The molecule has 106 valence electrons. The van der Waals surface area contributed by atoms with E-state index in [1.54, 1.807) is 6.92 Å². The number of hydrogen-bond acceptors (Lipinski definition) is 3. The third-order valence-electron chi connectivity index (χ3n) is 3.36. The van der Waals surface area contributed by atoms with Crippen LogP contribution in [0.25, 0.3) is 0 Å². The van der Waals surface area contributed by atoms with Gasteiger partial charge in [-0.3, -0.25) is 0 Å². The zero-order valence-corrected chi connectivity index (χ0v) is 13.4. The summed E-state index contributed by atoms with van der Waals surface area (Å²) in [5.41, 5.74) is 2.29. The quantitative estimate of drug-likeness (QED) is 0.889. The van der Waals surface area contributed by atoms with Gasteiger partial charge in [0.25, 0.3) is 0 Å². The smallest absolute Gasteiger partial charge is 0.214 e. The first-order valence-electron chi connectivity index (χ1n) is 6.22. The van der Waals surface area contributed by atoms with Gasteiger partial charge in [0.15, 0.2) is 0 Å². The number of methoxy groups -OCH3 is 1. The van der Waals surface area contributed by atoms with Crippen LogP contribution in [0.3, 0.4) is 0 Å². The third-order valence-corrected chi connectivity index (χ3v) is 5.41. The maximum absolute atomic E-state index is 12.0. The lowest BCUT2D eigenvalue weighted by Gasteiger charge is -2.16. The Labute approximate surface area is 122 Å². The summed E-state index contributed by atoms with van der Waals surface area (Å²) in [6.07, 6.45) is 1.41. The van der Waals surface area contributed by atoms with Crippen molar-refractivity contribution in [3.8, 4) is 0 Å². The molecule has 19 heavy (non-hydrogen) atoms. The van der Waals surface area contributed by atoms with E-state index in [1.807, 2.05) is 12.1 Å². The average Bonchev–Trinajstić information content (AvgIpc) is 2.70. The Balaban J connectivity index is 2.11. The van der Waals surface area contributed by atoms with Gasteiger partial charge in [-0.05, 0) is 43.0 Å². The highest BCUT2D eigenvalue weighted by molar-refractivity contribution is 9.10. The lowest BCUT2D eigenvalue weighted by molar-refractivity contribution is 0.136. The van der Waals surface area contributed by atoms with E-state index in [-0.39, 0.29) is 17.9 Å². The number of rotatable bonds is 5. The molecule has 0 saturated heterocycles. The standard InChI is InChI=1S/C13H18BrNO3S/c1-9(18-2)8-19(16,17)15-13-6-3-10-7-11(14)4-5-12(10)13/h4-5,7,9,13,15H,3,6,8H2,1-2H3/t9-,13+/m1/s1. The molecule has 0 spiro atoms. The number of benzene rings is 1. The van der Waals surface area contributed by atoms with Crippen molar-refractivity contribution in [3.63, 3.8) is 0 Å². The highest BCUT2D eigenvalue weighted by Gasteiger charge is 2.27. The molecule has 0 fully saturated rings. The Morgan fingerprint density at radius 2 is 2.26 bits per heavy atom. The van der Waals surface area contributed by atoms with Crippen LogP contribution >= 0.6 is 15.9 Å². The molecule has 0 amide bonds. The van der Waals surface area contributed by atoms with Crippen LogP contribution in [-0.4, -0.2) is 27.4 Å². The summed E-state index contributed by atoms with van der Waals surface area (Å²) in [5, 5.41) is 0. The Bertz CT molecular complexity index is 559. The first-order chi connectivity index (χ1) is 8.91. The molecule has 0 aromatic heterocycles. The van der Waals surface area contributed by atoms with Crippen LogP contribution in [0.5, 0.6) is 0 Å². The minimum Gasteiger partial charge on any atom is -0.381 e. The van der Waals surface area contributed by atoms with E-state index >= 15 is 0 Å². The molecule has 6 heteroatoms. The van der Waals surface area contributed by atoms with Gasteiger partial charge in [-0.2, -0.15) is 0 Å². The molecule has 2 rings (SSSR count). The minimum absolute atomic E-state index is 0.00807. The van der Waals surface area contributed by atoms with E-state index in [1.165, 1.54) is 12.7 Å². The molecule has 1 aromatic carbocycles. The normalized spacial score (nSPS) is 20.3. The van der Waals surface area contributed by atoms with E-state index in [2.05, 4.69) is 26.7 Å². The Hall–Kier alpha value is -0.430. The number of ether oxygens (including phenoxy) is 1. The molecule has 1 aromatic rings. The fourth-order valence-electron chi connectivity index (χ4n) is 2.35. The number of aryl methyl sites for hydroxylation is 1. The fraction of sp³-hybridized carbons (Fsp3) is 0.538. The summed E-state index contributed by atoms with van der Waals surface area (Å²) in [6, 6.07) is 5.88. The lowest BCUT2D eigenvalue weighted by Crippen LogP contribution is -2.33. The first-order valence-corrected chi connectivity index (χ1v) is 8.67. The first kappa shape index (κ1) is 15.0. The van der Waals surface area contributed by atoms with Crippen molar-refractivity contribution in [2.75, 3.05) is 12.9 Å². The van der Waals surface area contributed by atoms with Gasteiger partial charge in [0, 0.05) is 17.6 Å². The molecule has 0 unspecified atom stereocenters. The van der Waals surface area contributed by atoms with Crippen molar-refractivity contribution in [1.29, 1.82) is 0 Å². The molecule has 4 nitrogen and oxygen atoms in total. The van der Waals surface area contributed by atoms with Gasteiger partial charge < -0.3 is 4.74 Å². The highest BCUT2D eigenvalue weighted by Crippen LogP contribution is 2.33. The molecule has 1 aliphatic rings. The van der Waals surface area contributed by atoms with Crippen LogP contribution in [0.4, 0.5) is 0 Å². The summed E-state index contributed by atoms with van der Waals surface area (Å²) >= 11 is 3.43. The topological polar surface area (TPSA) is 55.4 Å². The predicted octanol–water partition coefficient (Wildman–Crippen LogP) is 2.39. The zero-order chi connectivity index (χ0) is 14.0. The number of hydrogen-bond donors (Lipinski definition) is 1. The highest BCUT2D eigenvalue weighted by atomic mass is 79.9. The third kappa shape index (κ3) is 3.78. The Morgan fingerprint density at radius 3 is 2.95 bits per heavy atom. The van der Waals surface area contributed by atoms with Gasteiger partial charge in [-0.1, -0.05) is 22.0 Å². The fourth-order valence-corrected chi connectivity index (χ4v) is 4.29. The Morgan fingerprint density at radius 1 is 1.53 bits per heavy atom. The molecule has 0 heterocycles.